The van der Waals surface area contributed by atoms with Gasteiger partial charge in [0.2, 0.25) is 0 Å². The summed E-state index contributed by atoms with van der Waals surface area (Å²) < 4.78 is 5.40. The van der Waals surface area contributed by atoms with Crippen LogP contribution in [0.4, 0.5) is 4.79 Å². The molecular weight excluding hydrogens is 206 g/mol. The minimum Gasteiger partial charge on any atom is -0.443 e. The van der Waals surface area contributed by atoms with Crippen LogP contribution in [0.25, 0.3) is 0 Å². The molecule has 2 rings (SSSR count). The third-order valence-corrected chi connectivity index (χ3v) is 3.53. The molecule has 16 heavy (non-hydrogen) atoms. The average Bonchev–Trinajstić information content (AvgIpc) is 2.73. The molecular formula is C12H21NO3. The Morgan fingerprint density at radius 1 is 1.06 bits per heavy atom. The molecule has 2 aliphatic rings. The second-order valence-corrected chi connectivity index (χ2v) is 4.82. The SMILES string of the molecule is O=C(O[C@@H]1CCCCC[C@@H]1O)N1CCCC1. The first kappa shape index (κ1) is 11.7. The highest BCUT2D eigenvalue weighted by molar-refractivity contribution is 5.68. The summed E-state index contributed by atoms with van der Waals surface area (Å²) in [7, 11) is 0. The smallest absolute Gasteiger partial charge is 0.410 e. The van der Waals surface area contributed by atoms with E-state index in [9.17, 15) is 9.90 Å². The van der Waals surface area contributed by atoms with Gasteiger partial charge in [-0.05, 0) is 32.1 Å². The maximum absolute atomic E-state index is 11.8. The van der Waals surface area contributed by atoms with Crippen LogP contribution in [0, 0.1) is 0 Å². The van der Waals surface area contributed by atoms with Gasteiger partial charge in [-0.25, -0.2) is 4.79 Å². The second kappa shape index (κ2) is 5.53. The molecule has 0 unspecified atom stereocenters. The van der Waals surface area contributed by atoms with E-state index >= 15 is 0 Å². The van der Waals surface area contributed by atoms with Crippen LogP contribution < -0.4 is 0 Å². The lowest BCUT2D eigenvalue weighted by molar-refractivity contribution is -0.0124. The van der Waals surface area contributed by atoms with Crippen LogP contribution in [0.3, 0.4) is 0 Å². The van der Waals surface area contributed by atoms with Crippen molar-refractivity contribution in [3.05, 3.63) is 0 Å². The first-order valence-corrected chi connectivity index (χ1v) is 6.41. The number of hydrogen-bond acceptors (Lipinski definition) is 3. The van der Waals surface area contributed by atoms with Gasteiger partial charge in [0.1, 0.15) is 6.10 Å². The van der Waals surface area contributed by atoms with Crippen LogP contribution in [0.5, 0.6) is 0 Å². The fourth-order valence-corrected chi connectivity index (χ4v) is 2.50. The van der Waals surface area contributed by atoms with Crippen molar-refractivity contribution in [2.24, 2.45) is 0 Å². The normalized spacial score (nSPS) is 31.2. The highest BCUT2D eigenvalue weighted by atomic mass is 16.6. The Kier molecular flexibility index (Phi) is 4.04. The van der Waals surface area contributed by atoms with E-state index < -0.39 is 6.10 Å². The van der Waals surface area contributed by atoms with Gasteiger partial charge in [-0.3, -0.25) is 0 Å². The summed E-state index contributed by atoms with van der Waals surface area (Å²) in [6.07, 6.45) is 5.96. The number of likely N-dealkylation sites (tertiary alicyclic amines) is 1. The molecule has 1 aliphatic carbocycles. The molecule has 0 bridgehead atoms. The molecule has 4 heteroatoms. The van der Waals surface area contributed by atoms with Crippen molar-refractivity contribution >= 4 is 6.09 Å². The number of carbonyl (C=O) groups excluding carboxylic acids is 1. The predicted molar refractivity (Wildman–Crippen MR) is 60.2 cm³/mol. The lowest BCUT2D eigenvalue weighted by Crippen LogP contribution is -2.36. The first-order chi connectivity index (χ1) is 7.77. The van der Waals surface area contributed by atoms with Gasteiger partial charge >= 0.3 is 6.09 Å². The minimum absolute atomic E-state index is 0.233. The van der Waals surface area contributed by atoms with Crippen LogP contribution in [0.15, 0.2) is 0 Å². The average molecular weight is 227 g/mol. The van der Waals surface area contributed by atoms with E-state index in [0.29, 0.717) is 0 Å². The van der Waals surface area contributed by atoms with Crippen molar-refractivity contribution < 1.29 is 14.6 Å². The maximum atomic E-state index is 11.8. The van der Waals surface area contributed by atoms with E-state index in [1.165, 1.54) is 0 Å². The Balaban J connectivity index is 1.84. The molecule has 1 heterocycles. The predicted octanol–water partition coefficient (Wildman–Crippen LogP) is 1.91. The number of ether oxygens (including phenoxy) is 1. The molecule has 1 N–H and O–H groups in total. The largest absolute Gasteiger partial charge is 0.443 e. The van der Waals surface area contributed by atoms with E-state index in [1.807, 2.05) is 0 Å². The third-order valence-electron chi connectivity index (χ3n) is 3.53. The van der Waals surface area contributed by atoms with Crippen molar-refractivity contribution in [2.75, 3.05) is 13.1 Å². The molecule has 2 atom stereocenters. The van der Waals surface area contributed by atoms with E-state index in [1.54, 1.807) is 4.90 Å². The molecule has 0 aromatic carbocycles. The fourth-order valence-electron chi connectivity index (χ4n) is 2.50. The third kappa shape index (κ3) is 2.88. The molecule has 1 amide bonds. The van der Waals surface area contributed by atoms with Crippen molar-refractivity contribution in [3.63, 3.8) is 0 Å². The molecule has 2 fully saturated rings. The lowest BCUT2D eigenvalue weighted by atomic mass is 10.1. The molecule has 0 radical (unpaired) electrons. The topological polar surface area (TPSA) is 49.8 Å². The number of aliphatic hydroxyl groups is 1. The monoisotopic (exact) mass is 227 g/mol. The van der Waals surface area contributed by atoms with Gasteiger partial charge < -0.3 is 14.7 Å². The van der Waals surface area contributed by atoms with Gasteiger partial charge in [-0.2, -0.15) is 0 Å². The summed E-state index contributed by atoms with van der Waals surface area (Å²) in [5.41, 5.74) is 0. The summed E-state index contributed by atoms with van der Waals surface area (Å²) in [6, 6.07) is 0. The highest BCUT2D eigenvalue weighted by Gasteiger charge is 2.28. The van der Waals surface area contributed by atoms with Gasteiger partial charge in [-0.15, -0.1) is 0 Å². The first-order valence-electron chi connectivity index (χ1n) is 6.41. The van der Waals surface area contributed by atoms with Crippen LogP contribution in [-0.2, 0) is 4.74 Å². The molecule has 0 aromatic heterocycles. The van der Waals surface area contributed by atoms with Crippen LogP contribution >= 0.6 is 0 Å². The van der Waals surface area contributed by atoms with Gasteiger partial charge in [0, 0.05) is 13.1 Å². The zero-order valence-electron chi connectivity index (χ0n) is 9.73. The summed E-state index contributed by atoms with van der Waals surface area (Å²) in [6.45, 7) is 1.61. The Labute approximate surface area is 96.6 Å². The number of hydrogen-bond donors (Lipinski definition) is 1. The van der Waals surface area contributed by atoms with Crippen molar-refractivity contribution in [3.8, 4) is 0 Å². The lowest BCUT2D eigenvalue weighted by Gasteiger charge is -2.24. The fraction of sp³-hybridized carbons (Fsp3) is 0.917. The molecule has 0 aromatic rings. The zero-order chi connectivity index (χ0) is 11.4. The minimum atomic E-state index is -0.464. The zero-order valence-corrected chi connectivity index (χ0v) is 9.73. The number of rotatable bonds is 1. The quantitative estimate of drug-likeness (QED) is 0.696. The van der Waals surface area contributed by atoms with E-state index in [4.69, 9.17) is 4.74 Å². The second-order valence-electron chi connectivity index (χ2n) is 4.82. The standard InChI is InChI=1S/C12H21NO3/c14-10-6-2-1-3-7-11(10)16-12(15)13-8-4-5-9-13/h10-11,14H,1-9H2/t10-,11+/m0/s1. The van der Waals surface area contributed by atoms with E-state index in [0.717, 1.165) is 58.0 Å². The molecule has 1 saturated heterocycles. The molecule has 92 valence electrons. The Hall–Kier alpha value is -0.770. The molecule has 1 saturated carbocycles. The van der Waals surface area contributed by atoms with Gasteiger partial charge in [0.25, 0.3) is 0 Å². The van der Waals surface area contributed by atoms with Gasteiger partial charge in [-0.1, -0.05) is 12.8 Å². The van der Waals surface area contributed by atoms with Crippen molar-refractivity contribution in [2.45, 2.75) is 57.2 Å². The van der Waals surface area contributed by atoms with Crippen molar-refractivity contribution in [1.29, 1.82) is 0 Å². The molecule has 0 spiro atoms. The highest BCUT2D eigenvalue weighted by Crippen LogP contribution is 2.22. The summed E-state index contributed by atoms with van der Waals surface area (Å²) >= 11 is 0. The van der Waals surface area contributed by atoms with Crippen LogP contribution in [0.1, 0.15) is 44.9 Å². The van der Waals surface area contributed by atoms with E-state index in [2.05, 4.69) is 0 Å². The summed E-state index contributed by atoms with van der Waals surface area (Å²) in [5, 5.41) is 9.84. The van der Waals surface area contributed by atoms with E-state index in [-0.39, 0.29) is 12.2 Å². The van der Waals surface area contributed by atoms with Crippen LogP contribution in [-0.4, -0.2) is 41.4 Å². The Bertz CT molecular complexity index is 238. The van der Waals surface area contributed by atoms with Gasteiger partial charge in [0.05, 0.1) is 6.10 Å². The van der Waals surface area contributed by atoms with Crippen molar-refractivity contribution in [1.82, 2.24) is 4.90 Å². The molecule has 1 aliphatic heterocycles. The summed E-state index contributed by atoms with van der Waals surface area (Å²) in [5.74, 6) is 0. The van der Waals surface area contributed by atoms with Crippen LogP contribution in [0.2, 0.25) is 0 Å². The number of nitrogens with zero attached hydrogens (tertiary/aromatic N) is 1. The molecule has 4 nitrogen and oxygen atoms in total. The number of amides is 1. The maximum Gasteiger partial charge on any atom is 0.410 e. The summed E-state index contributed by atoms with van der Waals surface area (Å²) in [4.78, 5) is 13.5. The number of carbonyl (C=O) groups is 1. The Morgan fingerprint density at radius 3 is 2.50 bits per heavy atom. The Morgan fingerprint density at radius 2 is 1.75 bits per heavy atom. The van der Waals surface area contributed by atoms with Gasteiger partial charge in [0.15, 0.2) is 0 Å². The number of aliphatic hydroxyl groups excluding tert-OH is 1.